The van der Waals surface area contributed by atoms with E-state index in [1.54, 1.807) is 34.1 Å². The second-order valence-electron chi connectivity index (χ2n) is 4.71. The average molecular weight is 263 g/mol. The van der Waals surface area contributed by atoms with Crippen LogP contribution < -0.4 is 15.2 Å². The largest absolute Gasteiger partial charge is 0.497 e. The second kappa shape index (κ2) is 4.89. The zero-order valence-electron chi connectivity index (χ0n) is 11.4. The average Bonchev–Trinajstić information content (AvgIpc) is 2.87. The van der Waals surface area contributed by atoms with Crippen molar-refractivity contribution in [3.05, 3.63) is 24.1 Å². The van der Waals surface area contributed by atoms with Gasteiger partial charge >= 0.3 is 0 Å². The second-order valence-corrected chi connectivity index (χ2v) is 4.71. The Hall–Kier alpha value is -2.08. The number of hydrogen-bond donors (Lipinski definition) is 1. The molecular weight excluding hydrogens is 246 g/mol. The van der Waals surface area contributed by atoms with Gasteiger partial charge in [0.05, 0.1) is 25.3 Å². The van der Waals surface area contributed by atoms with Crippen LogP contribution in [0, 0.1) is 0 Å². The van der Waals surface area contributed by atoms with Crippen LogP contribution in [0.25, 0.3) is 11.4 Å². The third-order valence-corrected chi connectivity index (χ3v) is 2.63. The zero-order valence-corrected chi connectivity index (χ0v) is 11.4. The molecule has 2 rings (SSSR count). The lowest BCUT2D eigenvalue weighted by molar-refractivity contribution is 0.312. The topological polar surface area (TPSA) is 83.4 Å². The van der Waals surface area contributed by atoms with Crippen LogP contribution in [0.1, 0.15) is 19.7 Å². The third-order valence-electron chi connectivity index (χ3n) is 2.63. The molecule has 0 bridgehead atoms. The van der Waals surface area contributed by atoms with E-state index in [4.69, 9.17) is 19.7 Å². The summed E-state index contributed by atoms with van der Waals surface area (Å²) in [4.78, 5) is 4.29. The highest BCUT2D eigenvalue weighted by Gasteiger charge is 2.23. The van der Waals surface area contributed by atoms with E-state index in [9.17, 15) is 0 Å². The maximum Gasteiger partial charge on any atom is 0.246 e. The molecular formula is C13H17N3O3. The molecule has 0 spiro atoms. The van der Waals surface area contributed by atoms with Gasteiger partial charge in [-0.25, -0.2) is 0 Å². The number of hydrogen-bond acceptors (Lipinski definition) is 6. The smallest absolute Gasteiger partial charge is 0.246 e. The molecule has 0 saturated heterocycles. The normalized spacial score (nSPS) is 11.4. The number of benzene rings is 1. The molecule has 0 fully saturated rings. The van der Waals surface area contributed by atoms with Gasteiger partial charge in [-0.3, -0.25) is 0 Å². The Morgan fingerprint density at radius 1 is 1.21 bits per heavy atom. The van der Waals surface area contributed by atoms with Crippen molar-refractivity contribution in [1.82, 2.24) is 10.1 Å². The Labute approximate surface area is 111 Å². The van der Waals surface area contributed by atoms with Gasteiger partial charge in [-0.15, -0.1) is 0 Å². The summed E-state index contributed by atoms with van der Waals surface area (Å²) < 4.78 is 15.6. The van der Waals surface area contributed by atoms with Crippen LogP contribution >= 0.6 is 0 Å². The van der Waals surface area contributed by atoms with Crippen LogP contribution in [0.2, 0.25) is 0 Å². The highest BCUT2D eigenvalue weighted by Crippen LogP contribution is 2.32. The lowest BCUT2D eigenvalue weighted by Crippen LogP contribution is -2.28. The molecule has 0 saturated carbocycles. The van der Waals surface area contributed by atoms with Gasteiger partial charge in [0.1, 0.15) is 11.5 Å². The van der Waals surface area contributed by atoms with Crippen molar-refractivity contribution in [2.75, 3.05) is 14.2 Å². The fourth-order valence-corrected chi connectivity index (χ4v) is 1.58. The standard InChI is InChI=1S/C13H17N3O3/c1-13(2,14)12-15-11(16-19-12)9-6-5-8(17-3)7-10(9)18-4/h5-7H,14H2,1-4H3. The molecule has 6 nitrogen and oxygen atoms in total. The number of nitrogens with zero attached hydrogens (tertiary/aromatic N) is 2. The van der Waals surface area contributed by atoms with Crippen LogP contribution in [0.3, 0.4) is 0 Å². The predicted octanol–water partition coefficient (Wildman–Crippen LogP) is 1.95. The van der Waals surface area contributed by atoms with Gasteiger partial charge in [0.2, 0.25) is 11.7 Å². The first-order valence-corrected chi connectivity index (χ1v) is 5.81. The molecule has 0 radical (unpaired) electrons. The number of nitrogens with two attached hydrogens (primary N) is 1. The van der Waals surface area contributed by atoms with E-state index in [1.807, 2.05) is 12.1 Å². The van der Waals surface area contributed by atoms with Gasteiger partial charge in [0, 0.05) is 6.07 Å². The van der Waals surface area contributed by atoms with Gasteiger partial charge in [-0.05, 0) is 26.0 Å². The van der Waals surface area contributed by atoms with Gasteiger partial charge in [-0.1, -0.05) is 5.16 Å². The number of rotatable bonds is 4. The van der Waals surface area contributed by atoms with E-state index in [0.29, 0.717) is 23.2 Å². The fraction of sp³-hybridized carbons (Fsp3) is 0.385. The number of methoxy groups -OCH3 is 2. The Morgan fingerprint density at radius 3 is 2.47 bits per heavy atom. The summed E-state index contributed by atoms with van der Waals surface area (Å²) in [5, 5.41) is 3.93. The maximum atomic E-state index is 5.92. The zero-order chi connectivity index (χ0) is 14.0. The summed E-state index contributed by atoms with van der Waals surface area (Å²) in [5.74, 6) is 2.12. The van der Waals surface area contributed by atoms with E-state index >= 15 is 0 Å². The Morgan fingerprint density at radius 2 is 1.95 bits per heavy atom. The molecule has 2 N–H and O–H groups in total. The van der Waals surface area contributed by atoms with E-state index in [1.165, 1.54) is 0 Å². The van der Waals surface area contributed by atoms with Crippen LogP contribution in [0.4, 0.5) is 0 Å². The molecule has 6 heteroatoms. The highest BCUT2D eigenvalue weighted by molar-refractivity contribution is 5.65. The minimum absolute atomic E-state index is 0.375. The summed E-state index contributed by atoms with van der Waals surface area (Å²) in [7, 11) is 3.17. The van der Waals surface area contributed by atoms with Gasteiger partial charge in [-0.2, -0.15) is 4.98 Å². The predicted molar refractivity (Wildman–Crippen MR) is 70.1 cm³/mol. The minimum Gasteiger partial charge on any atom is -0.497 e. The van der Waals surface area contributed by atoms with Crippen molar-refractivity contribution >= 4 is 0 Å². The monoisotopic (exact) mass is 263 g/mol. The molecule has 2 aromatic rings. The quantitative estimate of drug-likeness (QED) is 0.907. The van der Waals surface area contributed by atoms with E-state index in [-0.39, 0.29) is 0 Å². The van der Waals surface area contributed by atoms with Crippen molar-refractivity contribution in [2.45, 2.75) is 19.4 Å². The number of ether oxygens (including phenoxy) is 2. The van der Waals surface area contributed by atoms with Crippen LogP contribution in [0.5, 0.6) is 11.5 Å². The van der Waals surface area contributed by atoms with E-state index in [0.717, 1.165) is 5.56 Å². The lowest BCUT2D eigenvalue weighted by Gasteiger charge is -2.11. The summed E-state index contributed by atoms with van der Waals surface area (Å²) in [6, 6.07) is 5.39. The Bertz CT molecular complexity index is 573. The van der Waals surface area contributed by atoms with Crippen molar-refractivity contribution in [3.63, 3.8) is 0 Å². The molecule has 1 heterocycles. The minimum atomic E-state index is -0.676. The molecule has 0 amide bonds. The summed E-state index contributed by atoms with van der Waals surface area (Å²) in [5.41, 5.74) is 5.97. The molecule has 0 aliphatic carbocycles. The first-order valence-electron chi connectivity index (χ1n) is 5.81. The molecule has 102 valence electrons. The Kier molecular flexibility index (Phi) is 3.44. The lowest BCUT2D eigenvalue weighted by atomic mass is 10.1. The van der Waals surface area contributed by atoms with Crippen LogP contribution in [-0.4, -0.2) is 24.4 Å². The SMILES string of the molecule is COc1ccc(-c2noc(C(C)(C)N)n2)c(OC)c1. The summed E-state index contributed by atoms with van der Waals surface area (Å²) in [6.45, 7) is 3.60. The van der Waals surface area contributed by atoms with E-state index < -0.39 is 5.54 Å². The maximum absolute atomic E-state index is 5.92. The fourth-order valence-electron chi connectivity index (χ4n) is 1.58. The summed E-state index contributed by atoms with van der Waals surface area (Å²) in [6.07, 6.45) is 0. The Balaban J connectivity index is 2.44. The third kappa shape index (κ3) is 2.68. The van der Waals surface area contributed by atoms with Crippen molar-refractivity contribution < 1.29 is 14.0 Å². The molecule has 19 heavy (non-hydrogen) atoms. The van der Waals surface area contributed by atoms with Crippen LogP contribution in [-0.2, 0) is 5.54 Å². The summed E-state index contributed by atoms with van der Waals surface area (Å²) >= 11 is 0. The molecule has 0 aliphatic rings. The molecule has 0 unspecified atom stereocenters. The van der Waals surface area contributed by atoms with Crippen molar-refractivity contribution in [3.8, 4) is 22.9 Å². The number of aromatic nitrogens is 2. The first kappa shape index (κ1) is 13.4. The van der Waals surface area contributed by atoms with Gasteiger partial charge < -0.3 is 19.7 Å². The van der Waals surface area contributed by atoms with Crippen molar-refractivity contribution in [2.24, 2.45) is 5.73 Å². The molecule has 0 atom stereocenters. The molecule has 1 aromatic heterocycles. The van der Waals surface area contributed by atoms with Crippen molar-refractivity contribution in [1.29, 1.82) is 0 Å². The molecule has 1 aromatic carbocycles. The first-order chi connectivity index (χ1) is 8.95. The van der Waals surface area contributed by atoms with Crippen LogP contribution in [0.15, 0.2) is 22.7 Å². The van der Waals surface area contributed by atoms with Gasteiger partial charge in [0.15, 0.2) is 0 Å². The van der Waals surface area contributed by atoms with E-state index in [2.05, 4.69) is 10.1 Å². The van der Waals surface area contributed by atoms with Gasteiger partial charge in [0.25, 0.3) is 0 Å². The molecule has 0 aliphatic heterocycles. The highest BCUT2D eigenvalue weighted by atomic mass is 16.5.